The average molecular weight is 228 g/mol. The fourth-order valence-electron chi connectivity index (χ4n) is 1.95. The largest absolute Gasteiger partial charge is 0.381 e. The van der Waals surface area contributed by atoms with Gasteiger partial charge in [0, 0.05) is 19.2 Å². The number of carbonyl (C=O) groups excluding carboxylic acids is 1. The van der Waals surface area contributed by atoms with Gasteiger partial charge in [0.05, 0.1) is 12.6 Å². The lowest BCUT2D eigenvalue weighted by molar-refractivity contribution is -0.123. The van der Waals surface area contributed by atoms with Gasteiger partial charge in [0.1, 0.15) is 0 Å². The fourth-order valence-corrected chi connectivity index (χ4v) is 1.95. The van der Waals surface area contributed by atoms with Gasteiger partial charge in [-0.3, -0.25) is 4.79 Å². The minimum Gasteiger partial charge on any atom is -0.381 e. The van der Waals surface area contributed by atoms with Crippen LogP contribution in [0.25, 0.3) is 0 Å². The normalized spacial score (nSPS) is 24.1. The first-order valence-electron chi connectivity index (χ1n) is 6.26. The van der Waals surface area contributed by atoms with Crippen molar-refractivity contribution in [3.05, 3.63) is 0 Å². The molecule has 1 fully saturated rings. The van der Waals surface area contributed by atoms with Crippen LogP contribution in [0, 0.1) is 5.92 Å². The molecule has 0 bridgehead atoms. The van der Waals surface area contributed by atoms with E-state index >= 15 is 0 Å². The number of amides is 1. The summed E-state index contributed by atoms with van der Waals surface area (Å²) in [5.41, 5.74) is 0. The highest BCUT2D eigenvalue weighted by Gasteiger charge is 2.24. The number of hydrogen-bond donors (Lipinski definition) is 2. The molecule has 1 aliphatic rings. The van der Waals surface area contributed by atoms with Gasteiger partial charge < -0.3 is 15.4 Å². The summed E-state index contributed by atoms with van der Waals surface area (Å²) in [6, 6.07) is 0.215. The summed E-state index contributed by atoms with van der Waals surface area (Å²) in [5.74, 6) is 0.633. The number of nitrogens with one attached hydrogen (secondary N) is 2. The Kier molecular flexibility index (Phi) is 5.77. The van der Waals surface area contributed by atoms with Crippen molar-refractivity contribution in [3.63, 3.8) is 0 Å². The SMILES string of the molecule is CCCNC(=O)C(C)NC(C)C1CCOC1. The van der Waals surface area contributed by atoms with Gasteiger partial charge in [0.15, 0.2) is 0 Å². The molecule has 0 spiro atoms. The Hall–Kier alpha value is -0.610. The minimum atomic E-state index is -0.123. The lowest BCUT2D eigenvalue weighted by Gasteiger charge is -2.23. The molecule has 1 heterocycles. The first-order valence-corrected chi connectivity index (χ1v) is 6.26. The van der Waals surface area contributed by atoms with E-state index in [0.29, 0.717) is 12.0 Å². The third-order valence-electron chi connectivity index (χ3n) is 3.13. The highest BCUT2D eigenvalue weighted by molar-refractivity contribution is 5.81. The molecular formula is C12H24N2O2. The van der Waals surface area contributed by atoms with Crippen LogP contribution in [0.2, 0.25) is 0 Å². The monoisotopic (exact) mass is 228 g/mol. The molecule has 0 radical (unpaired) electrons. The molecule has 0 aromatic heterocycles. The second kappa shape index (κ2) is 6.86. The standard InChI is InChI=1S/C12H24N2O2/c1-4-6-13-12(15)10(3)14-9(2)11-5-7-16-8-11/h9-11,14H,4-8H2,1-3H3,(H,13,15). The van der Waals surface area contributed by atoms with Gasteiger partial charge >= 0.3 is 0 Å². The third-order valence-corrected chi connectivity index (χ3v) is 3.13. The van der Waals surface area contributed by atoms with Crippen LogP contribution in [-0.4, -0.2) is 37.7 Å². The van der Waals surface area contributed by atoms with Crippen LogP contribution in [0.15, 0.2) is 0 Å². The molecule has 1 rings (SSSR count). The van der Waals surface area contributed by atoms with Crippen LogP contribution in [0.3, 0.4) is 0 Å². The van der Waals surface area contributed by atoms with E-state index in [-0.39, 0.29) is 11.9 Å². The van der Waals surface area contributed by atoms with Gasteiger partial charge in [0.25, 0.3) is 0 Å². The minimum absolute atomic E-state index is 0.0904. The van der Waals surface area contributed by atoms with Crippen molar-refractivity contribution >= 4 is 5.91 Å². The van der Waals surface area contributed by atoms with Crippen molar-refractivity contribution in [1.82, 2.24) is 10.6 Å². The number of hydrogen-bond acceptors (Lipinski definition) is 3. The molecule has 16 heavy (non-hydrogen) atoms. The van der Waals surface area contributed by atoms with Crippen LogP contribution in [-0.2, 0) is 9.53 Å². The number of ether oxygens (including phenoxy) is 1. The quantitative estimate of drug-likeness (QED) is 0.710. The molecule has 0 saturated carbocycles. The summed E-state index contributed by atoms with van der Waals surface area (Å²) in [6.45, 7) is 8.52. The van der Waals surface area contributed by atoms with E-state index in [1.807, 2.05) is 6.92 Å². The maximum atomic E-state index is 11.6. The Morgan fingerprint density at radius 1 is 1.50 bits per heavy atom. The summed E-state index contributed by atoms with van der Waals surface area (Å²) in [5, 5.41) is 6.23. The first-order chi connectivity index (χ1) is 7.65. The topological polar surface area (TPSA) is 50.4 Å². The van der Waals surface area contributed by atoms with E-state index in [0.717, 1.165) is 32.6 Å². The molecule has 0 aromatic rings. The molecule has 1 amide bonds. The van der Waals surface area contributed by atoms with Crippen molar-refractivity contribution in [3.8, 4) is 0 Å². The Bertz CT molecular complexity index is 215. The van der Waals surface area contributed by atoms with E-state index < -0.39 is 0 Å². The maximum absolute atomic E-state index is 11.6. The summed E-state index contributed by atoms with van der Waals surface area (Å²) in [6.07, 6.45) is 2.07. The number of rotatable bonds is 6. The van der Waals surface area contributed by atoms with Gasteiger partial charge in [-0.2, -0.15) is 0 Å². The predicted octanol–water partition coefficient (Wildman–Crippen LogP) is 0.916. The highest BCUT2D eigenvalue weighted by atomic mass is 16.5. The molecule has 3 unspecified atom stereocenters. The predicted molar refractivity (Wildman–Crippen MR) is 64.3 cm³/mol. The van der Waals surface area contributed by atoms with Gasteiger partial charge in [0.2, 0.25) is 5.91 Å². The van der Waals surface area contributed by atoms with E-state index in [2.05, 4.69) is 24.5 Å². The molecule has 1 aliphatic heterocycles. The van der Waals surface area contributed by atoms with Crippen molar-refractivity contribution in [2.45, 2.75) is 45.7 Å². The van der Waals surface area contributed by atoms with Crippen molar-refractivity contribution < 1.29 is 9.53 Å². The lowest BCUT2D eigenvalue weighted by Crippen LogP contribution is -2.48. The fraction of sp³-hybridized carbons (Fsp3) is 0.917. The average Bonchev–Trinajstić information content (AvgIpc) is 2.79. The van der Waals surface area contributed by atoms with Gasteiger partial charge in [-0.25, -0.2) is 0 Å². The van der Waals surface area contributed by atoms with Gasteiger partial charge in [-0.1, -0.05) is 6.92 Å². The molecule has 3 atom stereocenters. The van der Waals surface area contributed by atoms with Crippen LogP contribution in [0.1, 0.15) is 33.6 Å². The summed E-state index contributed by atoms with van der Waals surface area (Å²) >= 11 is 0. The Labute approximate surface area is 98.1 Å². The van der Waals surface area contributed by atoms with E-state index in [1.165, 1.54) is 0 Å². The maximum Gasteiger partial charge on any atom is 0.236 e. The smallest absolute Gasteiger partial charge is 0.236 e. The first kappa shape index (κ1) is 13.5. The van der Waals surface area contributed by atoms with Crippen molar-refractivity contribution in [2.24, 2.45) is 5.92 Å². The van der Waals surface area contributed by atoms with Crippen molar-refractivity contribution in [1.29, 1.82) is 0 Å². The van der Waals surface area contributed by atoms with Crippen LogP contribution in [0.5, 0.6) is 0 Å². The molecule has 0 aromatic carbocycles. The molecule has 94 valence electrons. The van der Waals surface area contributed by atoms with Gasteiger partial charge in [-0.15, -0.1) is 0 Å². The Morgan fingerprint density at radius 3 is 2.81 bits per heavy atom. The number of carbonyl (C=O) groups is 1. The van der Waals surface area contributed by atoms with Crippen molar-refractivity contribution in [2.75, 3.05) is 19.8 Å². The van der Waals surface area contributed by atoms with E-state index in [9.17, 15) is 4.79 Å². The molecular weight excluding hydrogens is 204 g/mol. The molecule has 2 N–H and O–H groups in total. The highest BCUT2D eigenvalue weighted by Crippen LogP contribution is 2.16. The summed E-state index contributed by atoms with van der Waals surface area (Å²) < 4.78 is 5.34. The van der Waals surface area contributed by atoms with Crippen LogP contribution >= 0.6 is 0 Å². The Balaban J connectivity index is 2.26. The second-order valence-corrected chi connectivity index (χ2v) is 4.59. The van der Waals surface area contributed by atoms with Crippen LogP contribution in [0.4, 0.5) is 0 Å². The second-order valence-electron chi connectivity index (χ2n) is 4.59. The zero-order valence-electron chi connectivity index (χ0n) is 10.6. The van der Waals surface area contributed by atoms with Gasteiger partial charge in [-0.05, 0) is 32.6 Å². The third kappa shape index (κ3) is 4.10. The van der Waals surface area contributed by atoms with E-state index in [4.69, 9.17) is 4.74 Å². The lowest BCUT2D eigenvalue weighted by atomic mass is 10.00. The zero-order valence-corrected chi connectivity index (χ0v) is 10.6. The van der Waals surface area contributed by atoms with Crippen LogP contribution < -0.4 is 10.6 Å². The summed E-state index contributed by atoms with van der Waals surface area (Å²) in [4.78, 5) is 11.6. The molecule has 4 heteroatoms. The zero-order chi connectivity index (χ0) is 12.0. The summed E-state index contributed by atoms with van der Waals surface area (Å²) in [7, 11) is 0. The molecule has 4 nitrogen and oxygen atoms in total. The van der Waals surface area contributed by atoms with E-state index in [1.54, 1.807) is 0 Å². The molecule has 0 aliphatic carbocycles. The Morgan fingerprint density at radius 2 is 2.25 bits per heavy atom. The molecule has 1 saturated heterocycles.